The summed E-state index contributed by atoms with van der Waals surface area (Å²) < 4.78 is 5.28. The second-order valence-electron chi connectivity index (χ2n) is 5.65. The van der Waals surface area contributed by atoms with Crippen molar-refractivity contribution in [1.29, 1.82) is 0 Å². The maximum atomic E-state index is 12.4. The molecule has 0 aliphatic carbocycles. The Morgan fingerprint density at radius 3 is 2.73 bits per heavy atom. The van der Waals surface area contributed by atoms with E-state index in [4.69, 9.17) is 9.84 Å². The fraction of sp³-hybridized carbons (Fsp3) is 0.588. The van der Waals surface area contributed by atoms with Gasteiger partial charge in [0.2, 0.25) is 0 Å². The molecule has 0 radical (unpaired) electrons. The fourth-order valence-electron chi connectivity index (χ4n) is 2.58. The van der Waals surface area contributed by atoms with Gasteiger partial charge in [0, 0.05) is 37.5 Å². The third-order valence-electron chi connectivity index (χ3n) is 3.92. The number of nitrogens with zero attached hydrogens (tertiary/aromatic N) is 1. The number of hydrogen-bond donors (Lipinski definition) is 2. The SMILES string of the molecule is Cc1cc(C(=O)N2CCOCC2)ccc1NCCCCCO. The zero-order chi connectivity index (χ0) is 15.8. The minimum Gasteiger partial charge on any atom is -0.396 e. The second-order valence-corrected chi connectivity index (χ2v) is 5.65. The van der Waals surface area contributed by atoms with Crippen molar-refractivity contribution in [2.45, 2.75) is 26.2 Å². The minimum atomic E-state index is 0.0842. The van der Waals surface area contributed by atoms with Gasteiger partial charge in [-0.05, 0) is 49.9 Å². The third kappa shape index (κ3) is 4.71. The Morgan fingerprint density at radius 1 is 1.27 bits per heavy atom. The predicted octanol–water partition coefficient (Wildman–Crippen LogP) is 2.04. The van der Waals surface area contributed by atoms with Crippen molar-refractivity contribution in [2.75, 3.05) is 44.8 Å². The average Bonchev–Trinajstić information content (AvgIpc) is 2.56. The van der Waals surface area contributed by atoms with E-state index in [0.29, 0.717) is 26.3 Å². The van der Waals surface area contributed by atoms with Crippen LogP contribution >= 0.6 is 0 Å². The summed E-state index contributed by atoms with van der Waals surface area (Å²) in [5.74, 6) is 0.0842. The van der Waals surface area contributed by atoms with E-state index in [0.717, 1.165) is 42.6 Å². The Labute approximate surface area is 132 Å². The first-order valence-electron chi connectivity index (χ1n) is 8.05. The lowest BCUT2D eigenvalue weighted by atomic mass is 10.1. The highest BCUT2D eigenvalue weighted by atomic mass is 16.5. The van der Waals surface area contributed by atoms with Crippen LogP contribution in [0.4, 0.5) is 5.69 Å². The molecule has 1 aromatic carbocycles. The van der Waals surface area contributed by atoms with Gasteiger partial charge in [-0.2, -0.15) is 0 Å². The summed E-state index contributed by atoms with van der Waals surface area (Å²) in [6.07, 6.45) is 2.91. The number of nitrogens with one attached hydrogen (secondary N) is 1. The molecule has 0 atom stereocenters. The van der Waals surface area contributed by atoms with E-state index in [9.17, 15) is 4.79 Å². The van der Waals surface area contributed by atoms with Crippen LogP contribution in [0.2, 0.25) is 0 Å². The van der Waals surface area contributed by atoms with Gasteiger partial charge in [-0.25, -0.2) is 0 Å². The maximum Gasteiger partial charge on any atom is 0.254 e. The number of carbonyl (C=O) groups excluding carboxylic acids is 1. The molecular weight excluding hydrogens is 280 g/mol. The second kappa shape index (κ2) is 8.76. The van der Waals surface area contributed by atoms with Crippen molar-refractivity contribution in [3.05, 3.63) is 29.3 Å². The summed E-state index contributed by atoms with van der Waals surface area (Å²) in [7, 11) is 0. The molecule has 5 heteroatoms. The number of carbonyl (C=O) groups is 1. The molecular formula is C17H26N2O3. The van der Waals surface area contributed by atoms with Crippen LogP contribution in [0.25, 0.3) is 0 Å². The van der Waals surface area contributed by atoms with E-state index in [2.05, 4.69) is 5.32 Å². The van der Waals surface area contributed by atoms with E-state index in [1.54, 1.807) is 0 Å². The number of ether oxygens (including phenoxy) is 1. The van der Waals surface area contributed by atoms with Crippen molar-refractivity contribution in [2.24, 2.45) is 0 Å². The molecule has 1 saturated heterocycles. The highest BCUT2D eigenvalue weighted by molar-refractivity contribution is 5.95. The molecule has 22 heavy (non-hydrogen) atoms. The number of aliphatic hydroxyl groups is 1. The van der Waals surface area contributed by atoms with Gasteiger partial charge < -0.3 is 20.1 Å². The van der Waals surface area contributed by atoms with Crippen molar-refractivity contribution in [3.63, 3.8) is 0 Å². The summed E-state index contributed by atoms with van der Waals surface area (Å²) in [5, 5.41) is 12.1. The van der Waals surface area contributed by atoms with E-state index in [1.165, 1.54) is 0 Å². The van der Waals surface area contributed by atoms with Crippen LogP contribution in [-0.4, -0.2) is 55.4 Å². The van der Waals surface area contributed by atoms with E-state index in [1.807, 2.05) is 30.0 Å². The number of morpholine rings is 1. The molecule has 1 heterocycles. The van der Waals surface area contributed by atoms with Gasteiger partial charge in [0.25, 0.3) is 5.91 Å². The monoisotopic (exact) mass is 306 g/mol. The van der Waals surface area contributed by atoms with Gasteiger partial charge in [-0.15, -0.1) is 0 Å². The maximum absolute atomic E-state index is 12.4. The lowest BCUT2D eigenvalue weighted by Crippen LogP contribution is -2.40. The van der Waals surface area contributed by atoms with Gasteiger partial charge in [0.05, 0.1) is 13.2 Å². The molecule has 1 aromatic rings. The normalized spacial score (nSPS) is 14.9. The summed E-state index contributed by atoms with van der Waals surface area (Å²) >= 11 is 0. The predicted molar refractivity (Wildman–Crippen MR) is 87.3 cm³/mol. The van der Waals surface area contributed by atoms with Crippen molar-refractivity contribution >= 4 is 11.6 Å². The highest BCUT2D eigenvalue weighted by Gasteiger charge is 2.18. The third-order valence-corrected chi connectivity index (χ3v) is 3.92. The standard InChI is InChI=1S/C17H26N2O3/c1-14-13-15(17(21)19-8-11-22-12-9-19)5-6-16(14)18-7-3-2-4-10-20/h5-6,13,18,20H,2-4,7-12H2,1H3. The quantitative estimate of drug-likeness (QED) is 0.757. The molecule has 1 aliphatic heterocycles. The molecule has 0 spiro atoms. The Kier molecular flexibility index (Phi) is 6.68. The van der Waals surface area contributed by atoms with E-state index >= 15 is 0 Å². The summed E-state index contributed by atoms with van der Waals surface area (Å²) in [6.45, 7) is 5.75. The number of unbranched alkanes of at least 4 members (excludes halogenated alkanes) is 2. The Hall–Kier alpha value is -1.59. The zero-order valence-corrected chi connectivity index (χ0v) is 13.3. The first-order valence-corrected chi connectivity index (χ1v) is 8.05. The van der Waals surface area contributed by atoms with Crippen molar-refractivity contribution in [3.8, 4) is 0 Å². The van der Waals surface area contributed by atoms with Crippen LogP contribution in [0.1, 0.15) is 35.2 Å². The Morgan fingerprint density at radius 2 is 2.05 bits per heavy atom. The van der Waals surface area contributed by atoms with Crippen LogP contribution < -0.4 is 5.32 Å². The number of aliphatic hydroxyl groups excluding tert-OH is 1. The van der Waals surface area contributed by atoms with Crippen molar-refractivity contribution < 1.29 is 14.6 Å². The molecule has 1 fully saturated rings. The first kappa shape index (κ1) is 16.8. The lowest BCUT2D eigenvalue weighted by Gasteiger charge is -2.27. The number of anilines is 1. The Balaban J connectivity index is 1.89. The van der Waals surface area contributed by atoms with Crippen molar-refractivity contribution in [1.82, 2.24) is 4.90 Å². The molecule has 2 rings (SSSR count). The average molecular weight is 306 g/mol. The molecule has 0 bridgehead atoms. The first-order chi connectivity index (χ1) is 10.7. The van der Waals surface area contributed by atoms with Gasteiger partial charge in [0.15, 0.2) is 0 Å². The van der Waals surface area contributed by atoms with Gasteiger partial charge in [0.1, 0.15) is 0 Å². The summed E-state index contributed by atoms with van der Waals surface area (Å²) in [5.41, 5.74) is 2.90. The molecule has 0 saturated carbocycles. The van der Waals surface area contributed by atoms with Crippen LogP contribution in [0, 0.1) is 6.92 Å². The smallest absolute Gasteiger partial charge is 0.254 e. The number of hydrogen-bond acceptors (Lipinski definition) is 4. The lowest BCUT2D eigenvalue weighted by molar-refractivity contribution is 0.0303. The van der Waals surface area contributed by atoms with Crippen LogP contribution in [0.5, 0.6) is 0 Å². The van der Waals surface area contributed by atoms with Crippen LogP contribution in [0.15, 0.2) is 18.2 Å². The molecule has 0 unspecified atom stereocenters. The molecule has 5 nitrogen and oxygen atoms in total. The summed E-state index contributed by atoms with van der Waals surface area (Å²) in [6, 6.07) is 5.82. The zero-order valence-electron chi connectivity index (χ0n) is 13.3. The highest BCUT2D eigenvalue weighted by Crippen LogP contribution is 2.18. The van der Waals surface area contributed by atoms with Gasteiger partial charge in [-0.3, -0.25) is 4.79 Å². The number of rotatable bonds is 7. The topological polar surface area (TPSA) is 61.8 Å². The Bertz CT molecular complexity index is 485. The summed E-state index contributed by atoms with van der Waals surface area (Å²) in [4.78, 5) is 14.3. The van der Waals surface area contributed by atoms with Gasteiger partial charge >= 0.3 is 0 Å². The number of aryl methyl sites for hydroxylation is 1. The minimum absolute atomic E-state index is 0.0842. The largest absolute Gasteiger partial charge is 0.396 e. The number of amides is 1. The molecule has 1 aliphatic rings. The fourth-order valence-corrected chi connectivity index (χ4v) is 2.58. The van der Waals surface area contributed by atoms with E-state index in [-0.39, 0.29) is 12.5 Å². The van der Waals surface area contributed by atoms with Gasteiger partial charge in [-0.1, -0.05) is 0 Å². The number of benzene rings is 1. The molecule has 2 N–H and O–H groups in total. The van der Waals surface area contributed by atoms with Crippen LogP contribution in [-0.2, 0) is 4.74 Å². The molecule has 122 valence electrons. The van der Waals surface area contributed by atoms with E-state index < -0.39 is 0 Å². The van der Waals surface area contributed by atoms with Crippen LogP contribution in [0.3, 0.4) is 0 Å². The molecule has 0 aromatic heterocycles. The molecule has 1 amide bonds.